The van der Waals surface area contributed by atoms with Crippen LogP contribution in [0, 0.1) is 0 Å². The second-order valence-electron chi connectivity index (χ2n) is 4.32. The lowest BCUT2D eigenvalue weighted by molar-refractivity contribution is -0.143. The Morgan fingerprint density at radius 2 is 2.11 bits per heavy atom. The second-order valence-corrected chi connectivity index (χ2v) is 5.47. The van der Waals surface area contributed by atoms with Crippen LogP contribution in [0.4, 0.5) is 0 Å². The molecule has 1 saturated heterocycles. The number of thioether (sulfide) groups is 1. The molecule has 0 aromatic rings. The molecule has 1 aliphatic rings. The van der Waals surface area contributed by atoms with E-state index in [2.05, 4.69) is 10.6 Å². The van der Waals surface area contributed by atoms with E-state index in [-0.39, 0.29) is 31.2 Å². The number of carbonyl (C=O) groups is 3. The van der Waals surface area contributed by atoms with Crippen LogP contribution in [0.1, 0.15) is 19.3 Å². The summed E-state index contributed by atoms with van der Waals surface area (Å²) in [5.41, 5.74) is 0. The van der Waals surface area contributed by atoms with Gasteiger partial charge in [-0.25, -0.2) is 4.79 Å². The Bertz CT molecular complexity index is 344. The van der Waals surface area contributed by atoms with Gasteiger partial charge < -0.3 is 20.8 Å². The molecule has 0 aliphatic carbocycles. The molecular formula is C11H18N2O5S. The van der Waals surface area contributed by atoms with Crippen molar-refractivity contribution in [2.24, 2.45) is 0 Å². The Labute approximate surface area is 115 Å². The van der Waals surface area contributed by atoms with E-state index in [1.54, 1.807) is 11.8 Å². The predicted octanol–water partition coefficient (Wildman–Crippen LogP) is -0.484. The van der Waals surface area contributed by atoms with Crippen LogP contribution in [0.25, 0.3) is 0 Å². The summed E-state index contributed by atoms with van der Waals surface area (Å²) in [4.78, 5) is 33.0. The summed E-state index contributed by atoms with van der Waals surface area (Å²) >= 11 is 1.75. The van der Waals surface area contributed by atoms with E-state index in [0.29, 0.717) is 0 Å². The highest BCUT2D eigenvalue weighted by Gasteiger charge is 2.23. The SMILES string of the molecule is O=C(O)CCC(NC(=O)CC1CSCCN1)C(=O)O. The van der Waals surface area contributed by atoms with Gasteiger partial charge in [0, 0.05) is 36.9 Å². The van der Waals surface area contributed by atoms with Gasteiger partial charge >= 0.3 is 11.9 Å². The fourth-order valence-electron chi connectivity index (χ4n) is 1.75. The van der Waals surface area contributed by atoms with Gasteiger partial charge in [-0.15, -0.1) is 0 Å². The molecule has 0 aromatic heterocycles. The largest absolute Gasteiger partial charge is 0.481 e. The number of hydrogen-bond donors (Lipinski definition) is 4. The van der Waals surface area contributed by atoms with Gasteiger partial charge in [-0.3, -0.25) is 9.59 Å². The van der Waals surface area contributed by atoms with Crippen LogP contribution in [0.2, 0.25) is 0 Å². The Morgan fingerprint density at radius 3 is 2.63 bits per heavy atom. The minimum absolute atomic E-state index is 0.0488. The number of rotatable bonds is 7. The molecule has 1 heterocycles. The third-order valence-corrected chi connectivity index (χ3v) is 3.84. The second kappa shape index (κ2) is 8.00. The highest BCUT2D eigenvalue weighted by Crippen LogP contribution is 2.10. The Hall–Kier alpha value is -1.28. The van der Waals surface area contributed by atoms with E-state index in [9.17, 15) is 14.4 Å². The standard InChI is InChI=1S/C11H18N2O5S/c14-9(5-7-6-19-4-3-12-7)13-8(11(17)18)1-2-10(15)16/h7-8,12H,1-6H2,(H,13,14)(H,15,16)(H,17,18). The lowest BCUT2D eigenvalue weighted by Crippen LogP contribution is -2.46. The zero-order valence-corrected chi connectivity index (χ0v) is 11.2. The first-order chi connectivity index (χ1) is 8.99. The average molecular weight is 290 g/mol. The molecule has 2 unspecified atom stereocenters. The molecule has 7 nitrogen and oxygen atoms in total. The smallest absolute Gasteiger partial charge is 0.326 e. The summed E-state index contributed by atoms with van der Waals surface area (Å²) < 4.78 is 0. The van der Waals surface area contributed by atoms with Crippen molar-refractivity contribution in [1.29, 1.82) is 0 Å². The van der Waals surface area contributed by atoms with Gasteiger partial charge in [-0.1, -0.05) is 0 Å². The molecule has 1 fully saturated rings. The number of amides is 1. The average Bonchev–Trinajstić information content (AvgIpc) is 2.35. The van der Waals surface area contributed by atoms with E-state index in [1.807, 2.05) is 0 Å². The molecule has 0 radical (unpaired) electrons. The third kappa shape index (κ3) is 6.44. The maximum Gasteiger partial charge on any atom is 0.326 e. The first kappa shape index (κ1) is 15.8. The number of hydrogen-bond acceptors (Lipinski definition) is 5. The molecule has 1 aliphatic heterocycles. The number of carboxylic acid groups (broad SMARTS) is 2. The number of aliphatic carboxylic acids is 2. The van der Waals surface area contributed by atoms with Crippen LogP contribution in [0.5, 0.6) is 0 Å². The highest BCUT2D eigenvalue weighted by atomic mass is 32.2. The van der Waals surface area contributed by atoms with Crippen molar-refractivity contribution < 1.29 is 24.6 Å². The van der Waals surface area contributed by atoms with Crippen LogP contribution in [-0.4, -0.2) is 58.2 Å². The zero-order valence-electron chi connectivity index (χ0n) is 10.4. The first-order valence-corrected chi connectivity index (χ1v) is 7.19. The quantitative estimate of drug-likeness (QED) is 0.500. The van der Waals surface area contributed by atoms with Crippen LogP contribution < -0.4 is 10.6 Å². The van der Waals surface area contributed by atoms with Crippen molar-refractivity contribution in [3.8, 4) is 0 Å². The van der Waals surface area contributed by atoms with E-state index in [1.165, 1.54) is 0 Å². The van der Waals surface area contributed by atoms with Crippen LogP contribution in [-0.2, 0) is 14.4 Å². The molecule has 2 atom stereocenters. The van der Waals surface area contributed by atoms with Crippen molar-refractivity contribution in [1.82, 2.24) is 10.6 Å². The number of nitrogens with one attached hydrogen (secondary N) is 2. The first-order valence-electron chi connectivity index (χ1n) is 6.04. The van der Waals surface area contributed by atoms with E-state index >= 15 is 0 Å². The van der Waals surface area contributed by atoms with Crippen molar-refractivity contribution in [2.45, 2.75) is 31.3 Å². The molecule has 0 spiro atoms. The van der Waals surface area contributed by atoms with Gasteiger partial charge in [0.05, 0.1) is 0 Å². The molecule has 108 valence electrons. The molecule has 0 aromatic carbocycles. The maximum atomic E-state index is 11.7. The van der Waals surface area contributed by atoms with Crippen molar-refractivity contribution >= 4 is 29.6 Å². The normalized spacial score (nSPS) is 20.5. The number of carbonyl (C=O) groups excluding carboxylic acids is 1. The van der Waals surface area contributed by atoms with E-state index in [0.717, 1.165) is 18.1 Å². The molecule has 0 saturated carbocycles. The van der Waals surface area contributed by atoms with Gasteiger partial charge in [-0.2, -0.15) is 11.8 Å². The molecule has 8 heteroatoms. The Morgan fingerprint density at radius 1 is 1.37 bits per heavy atom. The summed E-state index contributed by atoms with van der Waals surface area (Å²) in [6.45, 7) is 0.837. The summed E-state index contributed by atoms with van der Waals surface area (Å²) in [5, 5.41) is 23.0. The molecule has 19 heavy (non-hydrogen) atoms. The van der Waals surface area contributed by atoms with Gasteiger partial charge in [0.15, 0.2) is 0 Å². The van der Waals surface area contributed by atoms with E-state index < -0.39 is 18.0 Å². The Balaban J connectivity index is 2.37. The summed E-state index contributed by atoms with van der Waals surface area (Å²) in [5.74, 6) is -0.821. The van der Waals surface area contributed by atoms with Gasteiger partial charge in [-0.05, 0) is 6.42 Å². The fraction of sp³-hybridized carbons (Fsp3) is 0.727. The minimum atomic E-state index is -1.21. The number of carboxylic acids is 2. The third-order valence-electron chi connectivity index (χ3n) is 2.71. The predicted molar refractivity (Wildman–Crippen MR) is 70.2 cm³/mol. The van der Waals surface area contributed by atoms with Crippen molar-refractivity contribution in [3.05, 3.63) is 0 Å². The lowest BCUT2D eigenvalue weighted by Gasteiger charge is -2.23. The summed E-state index contributed by atoms with van der Waals surface area (Å²) in [7, 11) is 0. The van der Waals surface area contributed by atoms with Crippen molar-refractivity contribution in [2.75, 3.05) is 18.1 Å². The molecular weight excluding hydrogens is 272 g/mol. The molecule has 0 bridgehead atoms. The van der Waals surface area contributed by atoms with E-state index in [4.69, 9.17) is 10.2 Å². The van der Waals surface area contributed by atoms with Crippen LogP contribution in [0.15, 0.2) is 0 Å². The molecule has 1 rings (SSSR count). The highest BCUT2D eigenvalue weighted by molar-refractivity contribution is 7.99. The topological polar surface area (TPSA) is 116 Å². The van der Waals surface area contributed by atoms with Crippen LogP contribution in [0.3, 0.4) is 0 Å². The molecule has 1 amide bonds. The fourth-order valence-corrected chi connectivity index (χ4v) is 2.70. The Kier molecular flexibility index (Phi) is 6.65. The zero-order chi connectivity index (χ0) is 14.3. The minimum Gasteiger partial charge on any atom is -0.481 e. The van der Waals surface area contributed by atoms with Gasteiger partial charge in [0.2, 0.25) is 5.91 Å². The van der Waals surface area contributed by atoms with Crippen molar-refractivity contribution in [3.63, 3.8) is 0 Å². The maximum absolute atomic E-state index is 11.7. The summed E-state index contributed by atoms with van der Waals surface area (Å²) in [6.07, 6.45) is -0.179. The monoisotopic (exact) mass is 290 g/mol. The molecule has 4 N–H and O–H groups in total. The lowest BCUT2D eigenvalue weighted by atomic mass is 10.1. The summed E-state index contributed by atoms with van der Waals surface area (Å²) in [6, 6.07) is -1.09. The van der Waals surface area contributed by atoms with Gasteiger partial charge in [0.1, 0.15) is 6.04 Å². The van der Waals surface area contributed by atoms with Gasteiger partial charge in [0.25, 0.3) is 0 Å². The van der Waals surface area contributed by atoms with Crippen LogP contribution >= 0.6 is 11.8 Å².